The summed E-state index contributed by atoms with van der Waals surface area (Å²) in [6.45, 7) is 8.77. The molecular formula is C30H31N5O6. The smallest absolute Gasteiger partial charge is 0.410 e. The number of nitro benzene ring substituents is 1. The van der Waals surface area contributed by atoms with Crippen LogP contribution < -0.4 is 5.32 Å². The van der Waals surface area contributed by atoms with Gasteiger partial charge in [0.1, 0.15) is 11.1 Å². The van der Waals surface area contributed by atoms with Crippen LogP contribution in [-0.4, -0.2) is 63.5 Å². The van der Waals surface area contributed by atoms with Gasteiger partial charge >= 0.3 is 6.09 Å². The Morgan fingerprint density at radius 1 is 1.02 bits per heavy atom. The molecule has 0 atom stereocenters. The van der Waals surface area contributed by atoms with Crippen molar-refractivity contribution in [1.29, 1.82) is 0 Å². The standard InChI is InChI=1S/C30H31N5O6/c1-30(2,3)41-29(37)34-16-14-33(15-17-34)19-21-9-7-13-25-26(21)32-28(40-25)23-11-4-5-12-24(23)31-27(36)20-8-6-10-22(18-20)35(38)39/h4-13,18H,14-17,19H2,1-3H3,(H,31,36). The lowest BCUT2D eigenvalue weighted by atomic mass is 10.1. The van der Waals surface area contributed by atoms with Crippen molar-refractivity contribution in [3.63, 3.8) is 0 Å². The van der Waals surface area contributed by atoms with Gasteiger partial charge < -0.3 is 19.4 Å². The molecule has 2 amide bonds. The van der Waals surface area contributed by atoms with Gasteiger partial charge in [-0.05, 0) is 50.6 Å². The van der Waals surface area contributed by atoms with Gasteiger partial charge in [0.2, 0.25) is 5.89 Å². The molecule has 3 aromatic carbocycles. The first-order valence-electron chi connectivity index (χ1n) is 13.3. The summed E-state index contributed by atoms with van der Waals surface area (Å²) >= 11 is 0. The van der Waals surface area contributed by atoms with Gasteiger partial charge in [-0.1, -0.05) is 30.3 Å². The Morgan fingerprint density at radius 2 is 1.76 bits per heavy atom. The number of amides is 2. The Balaban J connectivity index is 1.32. The highest BCUT2D eigenvalue weighted by Gasteiger charge is 2.26. The molecule has 1 aromatic heterocycles. The molecule has 11 nitrogen and oxygen atoms in total. The van der Waals surface area contributed by atoms with Crippen molar-refractivity contribution >= 4 is 34.5 Å². The molecule has 1 saturated heterocycles. The van der Waals surface area contributed by atoms with E-state index in [4.69, 9.17) is 14.1 Å². The molecule has 212 valence electrons. The number of para-hydroxylation sites is 2. The normalized spacial score (nSPS) is 14.2. The second-order valence-corrected chi connectivity index (χ2v) is 10.8. The highest BCUT2D eigenvalue weighted by Crippen LogP contribution is 2.32. The second kappa shape index (κ2) is 11.4. The average Bonchev–Trinajstić information content (AvgIpc) is 3.38. The molecule has 0 aliphatic carbocycles. The Kier molecular flexibility index (Phi) is 7.71. The maximum absolute atomic E-state index is 12.9. The van der Waals surface area contributed by atoms with Gasteiger partial charge in [0, 0.05) is 50.4 Å². The summed E-state index contributed by atoms with van der Waals surface area (Å²) in [4.78, 5) is 44.7. The van der Waals surface area contributed by atoms with E-state index in [1.54, 1.807) is 23.1 Å². The van der Waals surface area contributed by atoms with Crippen LogP contribution in [0.2, 0.25) is 0 Å². The van der Waals surface area contributed by atoms with Crippen LogP contribution in [0.3, 0.4) is 0 Å². The average molecular weight is 558 g/mol. The lowest BCUT2D eigenvalue weighted by Gasteiger charge is -2.35. The number of hydrogen-bond acceptors (Lipinski definition) is 8. The molecule has 0 radical (unpaired) electrons. The molecule has 11 heteroatoms. The number of nitro groups is 1. The van der Waals surface area contributed by atoms with Gasteiger partial charge in [-0.25, -0.2) is 9.78 Å². The van der Waals surface area contributed by atoms with Crippen molar-refractivity contribution in [3.05, 3.63) is 88.0 Å². The zero-order valence-electron chi connectivity index (χ0n) is 23.1. The Bertz CT molecular complexity index is 1600. The number of ether oxygens (including phenoxy) is 1. The third-order valence-electron chi connectivity index (χ3n) is 6.65. The van der Waals surface area contributed by atoms with E-state index in [9.17, 15) is 19.7 Å². The number of carbonyl (C=O) groups excluding carboxylic acids is 2. The number of anilines is 1. The van der Waals surface area contributed by atoms with E-state index >= 15 is 0 Å². The van der Waals surface area contributed by atoms with Crippen molar-refractivity contribution < 1.29 is 23.7 Å². The lowest BCUT2D eigenvalue weighted by Crippen LogP contribution is -2.49. The number of hydrogen-bond donors (Lipinski definition) is 1. The monoisotopic (exact) mass is 557 g/mol. The first-order chi connectivity index (χ1) is 19.6. The van der Waals surface area contributed by atoms with Gasteiger partial charge in [0.05, 0.1) is 16.2 Å². The molecule has 1 fully saturated rings. The fraction of sp³-hybridized carbons (Fsp3) is 0.300. The van der Waals surface area contributed by atoms with E-state index in [1.807, 2.05) is 45.0 Å². The van der Waals surface area contributed by atoms with Crippen LogP contribution in [0.1, 0.15) is 36.7 Å². The quantitative estimate of drug-likeness (QED) is 0.236. The van der Waals surface area contributed by atoms with Crippen LogP contribution >= 0.6 is 0 Å². The second-order valence-electron chi connectivity index (χ2n) is 10.8. The highest BCUT2D eigenvalue weighted by molar-refractivity contribution is 6.06. The number of rotatable bonds is 6. The lowest BCUT2D eigenvalue weighted by molar-refractivity contribution is -0.384. The molecule has 1 aliphatic heterocycles. The van der Waals surface area contributed by atoms with Gasteiger partial charge in [0.25, 0.3) is 11.6 Å². The predicted molar refractivity (Wildman–Crippen MR) is 154 cm³/mol. The summed E-state index contributed by atoms with van der Waals surface area (Å²) in [5.74, 6) is -0.138. The summed E-state index contributed by atoms with van der Waals surface area (Å²) in [5, 5.41) is 14.0. The van der Waals surface area contributed by atoms with Crippen LogP contribution in [0.15, 0.2) is 71.1 Å². The maximum Gasteiger partial charge on any atom is 0.410 e. The van der Waals surface area contributed by atoms with E-state index in [2.05, 4.69) is 10.2 Å². The highest BCUT2D eigenvalue weighted by atomic mass is 16.6. The number of nitrogens with zero attached hydrogens (tertiary/aromatic N) is 4. The number of carbonyl (C=O) groups is 2. The zero-order chi connectivity index (χ0) is 29.1. The predicted octanol–water partition coefficient (Wildman–Crippen LogP) is 5.71. The van der Waals surface area contributed by atoms with Crippen molar-refractivity contribution in [3.8, 4) is 11.5 Å². The number of aromatic nitrogens is 1. The minimum absolute atomic E-state index is 0.163. The Morgan fingerprint density at radius 3 is 2.49 bits per heavy atom. The minimum atomic E-state index is -0.540. The summed E-state index contributed by atoms with van der Waals surface area (Å²) in [7, 11) is 0. The van der Waals surface area contributed by atoms with Gasteiger partial charge in [0.15, 0.2) is 5.58 Å². The van der Waals surface area contributed by atoms with E-state index in [1.165, 1.54) is 24.3 Å². The van der Waals surface area contributed by atoms with Crippen molar-refractivity contribution in [2.45, 2.75) is 32.9 Å². The third kappa shape index (κ3) is 6.52. The molecule has 1 N–H and O–H groups in total. The number of fused-ring (bicyclic) bond motifs is 1. The molecule has 0 saturated carbocycles. The van der Waals surface area contributed by atoms with Crippen LogP contribution in [0.25, 0.3) is 22.6 Å². The van der Waals surface area contributed by atoms with E-state index in [0.29, 0.717) is 55.4 Å². The number of piperazine rings is 1. The summed E-state index contributed by atoms with van der Waals surface area (Å²) in [5.41, 5.74) is 2.85. The first-order valence-corrected chi connectivity index (χ1v) is 13.3. The maximum atomic E-state index is 12.9. The molecule has 2 heterocycles. The molecular weight excluding hydrogens is 526 g/mol. The van der Waals surface area contributed by atoms with E-state index < -0.39 is 16.4 Å². The molecule has 0 spiro atoms. The fourth-order valence-electron chi connectivity index (χ4n) is 4.64. The molecule has 0 bridgehead atoms. The number of non-ortho nitro benzene ring substituents is 1. The summed E-state index contributed by atoms with van der Waals surface area (Å²) < 4.78 is 11.6. The molecule has 5 rings (SSSR count). The summed E-state index contributed by atoms with van der Waals surface area (Å²) in [6, 6.07) is 18.4. The van der Waals surface area contributed by atoms with Gasteiger partial charge in [-0.3, -0.25) is 19.8 Å². The fourth-order valence-corrected chi connectivity index (χ4v) is 4.64. The van der Waals surface area contributed by atoms with Crippen molar-refractivity contribution in [2.24, 2.45) is 0 Å². The zero-order valence-corrected chi connectivity index (χ0v) is 23.1. The molecule has 0 unspecified atom stereocenters. The van der Waals surface area contributed by atoms with Crippen LogP contribution in [0.4, 0.5) is 16.2 Å². The SMILES string of the molecule is CC(C)(C)OC(=O)N1CCN(Cc2cccc3oc(-c4ccccc4NC(=O)c4cccc([N+](=O)[O-])c4)nc23)CC1. The Labute approximate surface area is 236 Å². The largest absolute Gasteiger partial charge is 0.444 e. The first kappa shape index (κ1) is 27.8. The number of nitrogens with one attached hydrogen (secondary N) is 1. The Hall–Kier alpha value is -4.77. The van der Waals surface area contributed by atoms with Crippen LogP contribution in [0.5, 0.6) is 0 Å². The van der Waals surface area contributed by atoms with Crippen molar-refractivity contribution in [2.75, 3.05) is 31.5 Å². The third-order valence-corrected chi connectivity index (χ3v) is 6.65. The number of benzene rings is 3. The summed E-state index contributed by atoms with van der Waals surface area (Å²) in [6.07, 6.45) is -0.295. The topological polar surface area (TPSA) is 131 Å². The van der Waals surface area contributed by atoms with Gasteiger partial charge in [-0.2, -0.15) is 0 Å². The van der Waals surface area contributed by atoms with Crippen molar-refractivity contribution in [1.82, 2.24) is 14.8 Å². The van der Waals surface area contributed by atoms with Gasteiger partial charge in [-0.15, -0.1) is 0 Å². The van der Waals surface area contributed by atoms with E-state index in [0.717, 1.165) is 11.1 Å². The number of oxazole rings is 1. The van der Waals surface area contributed by atoms with E-state index in [-0.39, 0.29) is 17.3 Å². The molecule has 1 aliphatic rings. The minimum Gasteiger partial charge on any atom is -0.444 e. The molecule has 41 heavy (non-hydrogen) atoms. The van der Waals surface area contributed by atoms with Crippen LogP contribution in [-0.2, 0) is 11.3 Å². The van der Waals surface area contributed by atoms with Crippen LogP contribution in [0, 0.1) is 10.1 Å². The molecule has 4 aromatic rings.